The highest BCUT2D eigenvalue weighted by atomic mass is 16.5. The number of fused-ring (bicyclic) bond motifs is 2. The van der Waals surface area contributed by atoms with Crippen LogP contribution in [0, 0.1) is 11.8 Å². The van der Waals surface area contributed by atoms with Crippen molar-refractivity contribution in [3.63, 3.8) is 0 Å². The van der Waals surface area contributed by atoms with Crippen LogP contribution in [-0.4, -0.2) is 25.8 Å². The maximum absolute atomic E-state index is 5.13. The summed E-state index contributed by atoms with van der Waals surface area (Å²) in [5.41, 5.74) is 0. The second-order valence-electron chi connectivity index (χ2n) is 4.80. The van der Waals surface area contributed by atoms with E-state index in [1.165, 1.54) is 25.7 Å². The predicted octanol–water partition coefficient (Wildman–Crippen LogP) is 1.80. The van der Waals surface area contributed by atoms with Gasteiger partial charge in [0.1, 0.15) is 0 Å². The van der Waals surface area contributed by atoms with E-state index in [4.69, 9.17) is 4.74 Å². The van der Waals surface area contributed by atoms with Crippen LogP contribution in [-0.2, 0) is 4.74 Å². The van der Waals surface area contributed by atoms with E-state index in [0.717, 1.165) is 24.5 Å². The lowest BCUT2D eigenvalue weighted by molar-refractivity contribution is 0.160. The smallest absolute Gasteiger partial charge is 0.0613 e. The monoisotopic (exact) mass is 183 g/mol. The SMILES string of the molecule is COCC(C)NC1CC2CCC1C2. The molecule has 0 aromatic heterocycles. The highest BCUT2D eigenvalue weighted by Gasteiger charge is 2.39. The Bertz CT molecular complexity index is 171. The summed E-state index contributed by atoms with van der Waals surface area (Å²) >= 11 is 0. The van der Waals surface area contributed by atoms with E-state index in [2.05, 4.69) is 12.2 Å². The van der Waals surface area contributed by atoms with Crippen LogP contribution in [0.1, 0.15) is 32.6 Å². The minimum Gasteiger partial charge on any atom is -0.383 e. The maximum atomic E-state index is 5.13. The third kappa shape index (κ3) is 2.05. The molecule has 0 spiro atoms. The van der Waals surface area contributed by atoms with Gasteiger partial charge in [0.2, 0.25) is 0 Å². The lowest BCUT2D eigenvalue weighted by Crippen LogP contribution is -2.41. The van der Waals surface area contributed by atoms with Gasteiger partial charge >= 0.3 is 0 Å². The Kier molecular flexibility index (Phi) is 2.89. The van der Waals surface area contributed by atoms with Crippen LogP contribution in [0.4, 0.5) is 0 Å². The van der Waals surface area contributed by atoms with Crippen molar-refractivity contribution < 1.29 is 4.74 Å². The fraction of sp³-hybridized carbons (Fsp3) is 1.00. The van der Waals surface area contributed by atoms with Crippen LogP contribution in [0.3, 0.4) is 0 Å². The molecule has 2 bridgehead atoms. The fourth-order valence-corrected chi connectivity index (χ4v) is 3.11. The van der Waals surface area contributed by atoms with Gasteiger partial charge in [-0.1, -0.05) is 6.42 Å². The molecular formula is C11H21NO. The molecule has 0 amide bonds. The number of ether oxygens (including phenoxy) is 1. The van der Waals surface area contributed by atoms with Crippen LogP contribution < -0.4 is 5.32 Å². The zero-order valence-corrected chi connectivity index (χ0v) is 8.75. The standard InChI is InChI=1S/C11H21NO/c1-8(7-13-2)12-11-6-9-3-4-10(11)5-9/h8-12H,3-7H2,1-2H3. The molecule has 76 valence electrons. The normalized spacial score (nSPS) is 39.7. The molecule has 13 heavy (non-hydrogen) atoms. The zero-order chi connectivity index (χ0) is 9.26. The predicted molar refractivity (Wildman–Crippen MR) is 53.7 cm³/mol. The van der Waals surface area contributed by atoms with Crippen LogP contribution in [0.2, 0.25) is 0 Å². The minimum absolute atomic E-state index is 0.523. The van der Waals surface area contributed by atoms with Gasteiger partial charge in [0.15, 0.2) is 0 Å². The number of nitrogens with one attached hydrogen (secondary N) is 1. The average Bonchev–Trinajstić information content (AvgIpc) is 2.65. The Morgan fingerprint density at radius 3 is 2.77 bits per heavy atom. The molecule has 4 atom stereocenters. The van der Waals surface area contributed by atoms with Crippen LogP contribution in [0.15, 0.2) is 0 Å². The summed E-state index contributed by atoms with van der Waals surface area (Å²) in [4.78, 5) is 0. The van der Waals surface area contributed by atoms with Crippen molar-refractivity contribution in [1.82, 2.24) is 5.32 Å². The molecule has 2 heteroatoms. The molecule has 2 rings (SSSR count). The van der Waals surface area contributed by atoms with Crippen molar-refractivity contribution in [1.29, 1.82) is 0 Å². The van der Waals surface area contributed by atoms with Crippen molar-refractivity contribution in [2.75, 3.05) is 13.7 Å². The molecule has 0 aromatic carbocycles. The molecule has 0 heterocycles. The third-order valence-corrected chi connectivity index (χ3v) is 3.65. The Morgan fingerprint density at radius 2 is 2.23 bits per heavy atom. The molecule has 1 N–H and O–H groups in total. The Hall–Kier alpha value is -0.0800. The number of methoxy groups -OCH3 is 1. The van der Waals surface area contributed by atoms with Gasteiger partial charge in [-0.05, 0) is 38.0 Å². The Balaban J connectivity index is 1.76. The summed E-state index contributed by atoms with van der Waals surface area (Å²) in [6, 6.07) is 1.32. The molecular weight excluding hydrogens is 162 g/mol. The van der Waals surface area contributed by atoms with Gasteiger partial charge in [0.05, 0.1) is 6.61 Å². The summed E-state index contributed by atoms with van der Waals surface area (Å²) in [7, 11) is 1.78. The highest BCUT2D eigenvalue weighted by Crippen LogP contribution is 2.44. The lowest BCUT2D eigenvalue weighted by Gasteiger charge is -2.26. The summed E-state index contributed by atoms with van der Waals surface area (Å²) < 4.78 is 5.13. The van der Waals surface area contributed by atoms with Gasteiger partial charge in [0, 0.05) is 19.2 Å². The van der Waals surface area contributed by atoms with E-state index < -0.39 is 0 Å². The number of rotatable bonds is 4. The first-order valence-electron chi connectivity index (χ1n) is 5.54. The molecule has 2 fully saturated rings. The van der Waals surface area contributed by atoms with Crippen molar-refractivity contribution in [3.8, 4) is 0 Å². The van der Waals surface area contributed by atoms with Crippen molar-refractivity contribution >= 4 is 0 Å². The van der Waals surface area contributed by atoms with E-state index >= 15 is 0 Å². The molecule has 4 unspecified atom stereocenters. The Morgan fingerprint density at radius 1 is 1.38 bits per heavy atom. The van der Waals surface area contributed by atoms with Crippen molar-refractivity contribution in [2.24, 2.45) is 11.8 Å². The summed E-state index contributed by atoms with van der Waals surface area (Å²) in [5.74, 6) is 2.02. The third-order valence-electron chi connectivity index (χ3n) is 3.65. The Labute approximate surface area is 81.0 Å². The summed E-state index contributed by atoms with van der Waals surface area (Å²) in [6.45, 7) is 3.06. The van der Waals surface area contributed by atoms with Gasteiger partial charge in [-0.2, -0.15) is 0 Å². The number of hydrogen-bond donors (Lipinski definition) is 1. The van der Waals surface area contributed by atoms with Crippen LogP contribution >= 0.6 is 0 Å². The molecule has 2 aliphatic carbocycles. The van der Waals surface area contributed by atoms with E-state index in [1.807, 2.05) is 0 Å². The lowest BCUT2D eigenvalue weighted by atomic mass is 9.95. The first-order valence-corrected chi connectivity index (χ1v) is 5.54. The fourth-order valence-electron chi connectivity index (χ4n) is 3.11. The summed E-state index contributed by atoms with van der Waals surface area (Å²) in [5, 5.41) is 3.69. The van der Waals surface area contributed by atoms with Crippen LogP contribution in [0.5, 0.6) is 0 Å². The first-order chi connectivity index (χ1) is 6.29. The molecule has 2 nitrogen and oxygen atoms in total. The highest BCUT2D eigenvalue weighted by molar-refractivity contribution is 4.94. The average molecular weight is 183 g/mol. The largest absolute Gasteiger partial charge is 0.383 e. The molecule has 0 aliphatic heterocycles. The van der Waals surface area contributed by atoms with E-state index in [0.29, 0.717) is 6.04 Å². The zero-order valence-electron chi connectivity index (χ0n) is 8.75. The van der Waals surface area contributed by atoms with Crippen LogP contribution in [0.25, 0.3) is 0 Å². The first kappa shape index (κ1) is 9.47. The second-order valence-corrected chi connectivity index (χ2v) is 4.80. The van der Waals surface area contributed by atoms with Crippen molar-refractivity contribution in [2.45, 2.75) is 44.7 Å². The van der Waals surface area contributed by atoms with E-state index in [1.54, 1.807) is 7.11 Å². The molecule has 2 saturated carbocycles. The van der Waals surface area contributed by atoms with Gasteiger partial charge < -0.3 is 10.1 Å². The van der Waals surface area contributed by atoms with E-state index in [9.17, 15) is 0 Å². The van der Waals surface area contributed by atoms with Gasteiger partial charge in [-0.3, -0.25) is 0 Å². The topological polar surface area (TPSA) is 21.3 Å². The maximum Gasteiger partial charge on any atom is 0.0613 e. The molecule has 0 aromatic rings. The molecule has 0 saturated heterocycles. The molecule has 2 aliphatic rings. The number of hydrogen-bond acceptors (Lipinski definition) is 2. The van der Waals surface area contributed by atoms with Crippen molar-refractivity contribution in [3.05, 3.63) is 0 Å². The van der Waals surface area contributed by atoms with Gasteiger partial charge in [-0.25, -0.2) is 0 Å². The van der Waals surface area contributed by atoms with Gasteiger partial charge in [0.25, 0.3) is 0 Å². The van der Waals surface area contributed by atoms with Gasteiger partial charge in [-0.15, -0.1) is 0 Å². The summed E-state index contributed by atoms with van der Waals surface area (Å²) in [6.07, 6.45) is 5.85. The minimum atomic E-state index is 0.523. The van der Waals surface area contributed by atoms with E-state index in [-0.39, 0.29) is 0 Å². The quantitative estimate of drug-likeness (QED) is 0.717. The molecule has 0 radical (unpaired) electrons. The second kappa shape index (κ2) is 3.97.